The van der Waals surface area contributed by atoms with Crippen molar-refractivity contribution in [3.05, 3.63) is 48.2 Å². The third kappa shape index (κ3) is 9.80. The highest BCUT2D eigenvalue weighted by Crippen LogP contribution is 2.34. The molecule has 0 unspecified atom stereocenters. The Bertz CT molecular complexity index is 759. The highest BCUT2D eigenvalue weighted by Gasteiger charge is 2.20. The van der Waals surface area contributed by atoms with Crippen molar-refractivity contribution in [2.45, 2.75) is 117 Å². The SMILES string of the molecule is CCCCCCCc1ccc(-c2ccc(OCCCC3CCC(CCCCC)CC3)cc2)nc1. The molecule has 3 rings (SSSR count). The fraction of sp³-hybridized carbons (Fsp3) is 0.656. The fourth-order valence-electron chi connectivity index (χ4n) is 5.45. The summed E-state index contributed by atoms with van der Waals surface area (Å²) in [7, 11) is 0. The molecule has 0 saturated heterocycles. The zero-order valence-corrected chi connectivity index (χ0v) is 22.1. The van der Waals surface area contributed by atoms with Gasteiger partial charge in [0, 0.05) is 11.8 Å². The van der Waals surface area contributed by atoms with Crippen LogP contribution in [0.25, 0.3) is 11.3 Å². The van der Waals surface area contributed by atoms with Crippen molar-refractivity contribution < 1.29 is 4.74 Å². The first-order chi connectivity index (χ1) is 16.8. The van der Waals surface area contributed by atoms with Crippen LogP contribution in [0.3, 0.4) is 0 Å². The molecule has 0 aliphatic heterocycles. The molecule has 188 valence electrons. The van der Waals surface area contributed by atoms with Gasteiger partial charge >= 0.3 is 0 Å². The summed E-state index contributed by atoms with van der Waals surface area (Å²) >= 11 is 0. The standard InChI is InChI=1S/C32H49NO/c1-3-5-7-8-10-13-29-19-24-32(33-26-29)30-20-22-31(23-21-30)34-25-11-14-28-17-15-27(16-18-28)12-9-6-4-2/h19-24,26-28H,3-18,25H2,1-2H3. The largest absolute Gasteiger partial charge is 0.494 e. The minimum atomic E-state index is 0.834. The minimum Gasteiger partial charge on any atom is -0.494 e. The third-order valence-electron chi connectivity index (χ3n) is 7.75. The van der Waals surface area contributed by atoms with Crippen LogP contribution in [0, 0.1) is 11.8 Å². The lowest BCUT2D eigenvalue weighted by Gasteiger charge is -2.28. The van der Waals surface area contributed by atoms with Gasteiger partial charge in [0.1, 0.15) is 5.75 Å². The van der Waals surface area contributed by atoms with Crippen LogP contribution in [0.15, 0.2) is 42.6 Å². The Kier molecular flexibility index (Phi) is 12.6. The number of aromatic nitrogens is 1. The molecule has 1 aromatic carbocycles. The van der Waals surface area contributed by atoms with Crippen molar-refractivity contribution in [3.63, 3.8) is 0 Å². The van der Waals surface area contributed by atoms with Crippen molar-refractivity contribution in [2.24, 2.45) is 11.8 Å². The lowest BCUT2D eigenvalue weighted by atomic mass is 9.78. The molecule has 2 nitrogen and oxygen atoms in total. The monoisotopic (exact) mass is 463 g/mol. The Hall–Kier alpha value is -1.83. The Morgan fingerprint density at radius 1 is 0.706 bits per heavy atom. The zero-order chi connectivity index (χ0) is 23.8. The summed E-state index contributed by atoms with van der Waals surface area (Å²) in [6.07, 6.45) is 23.8. The quantitative estimate of drug-likeness (QED) is 0.231. The van der Waals surface area contributed by atoms with Gasteiger partial charge in [-0.2, -0.15) is 0 Å². The molecule has 1 saturated carbocycles. The summed E-state index contributed by atoms with van der Waals surface area (Å²) in [4.78, 5) is 4.71. The van der Waals surface area contributed by atoms with Crippen molar-refractivity contribution >= 4 is 0 Å². The number of hydrogen-bond acceptors (Lipinski definition) is 2. The van der Waals surface area contributed by atoms with E-state index in [-0.39, 0.29) is 0 Å². The van der Waals surface area contributed by atoms with E-state index in [0.717, 1.165) is 41.9 Å². The van der Waals surface area contributed by atoms with Crippen molar-refractivity contribution in [1.82, 2.24) is 4.98 Å². The predicted octanol–water partition coefficient (Wildman–Crippen LogP) is 9.81. The predicted molar refractivity (Wildman–Crippen MR) is 146 cm³/mol. The first kappa shape index (κ1) is 26.8. The maximum atomic E-state index is 6.05. The first-order valence-electron chi connectivity index (χ1n) is 14.5. The summed E-state index contributed by atoms with van der Waals surface area (Å²) in [6, 6.07) is 12.9. The molecular formula is C32H49NO. The molecule has 0 amide bonds. The van der Waals surface area contributed by atoms with E-state index in [2.05, 4.69) is 56.4 Å². The van der Waals surface area contributed by atoms with E-state index in [9.17, 15) is 0 Å². The zero-order valence-electron chi connectivity index (χ0n) is 22.1. The second kappa shape index (κ2) is 16.0. The first-order valence-corrected chi connectivity index (χ1v) is 14.5. The summed E-state index contributed by atoms with van der Waals surface area (Å²) in [5.74, 6) is 2.92. The number of ether oxygens (including phenoxy) is 1. The molecule has 1 aromatic heterocycles. The molecule has 2 aromatic rings. The molecule has 0 bridgehead atoms. The van der Waals surface area contributed by atoms with Crippen LogP contribution in [0.4, 0.5) is 0 Å². The van der Waals surface area contributed by atoms with E-state index in [1.54, 1.807) is 0 Å². The van der Waals surface area contributed by atoms with Crippen LogP contribution in [-0.4, -0.2) is 11.6 Å². The van der Waals surface area contributed by atoms with Gasteiger partial charge in [-0.25, -0.2) is 0 Å². The van der Waals surface area contributed by atoms with Crippen molar-refractivity contribution in [3.8, 4) is 17.0 Å². The molecule has 2 heteroatoms. The van der Waals surface area contributed by atoms with Crippen molar-refractivity contribution in [2.75, 3.05) is 6.61 Å². The Morgan fingerprint density at radius 2 is 1.35 bits per heavy atom. The van der Waals surface area contributed by atoms with Crippen LogP contribution in [0.1, 0.15) is 116 Å². The molecule has 0 spiro atoms. The van der Waals surface area contributed by atoms with E-state index in [4.69, 9.17) is 9.72 Å². The molecule has 1 aliphatic rings. The molecule has 0 radical (unpaired) electrons. The number of hydrogen-bond donors (Lipinski definition) is 0. The third-order valence-corrected chi connectivity index (χ3v) is 7.75. The number of nitrogens with zero attached hydrogens (tertiary/aromatic N) is 1. The summed E-state index contributed by atoms with van der Waals surface area (Å²) < 4.78 is 6.05. The Morgan fingerprint density at radius 3 is 2.00 bits per heavy atom. The van der Waals surface area contributed by atoms with Crippen LogP contribution in [-0.2, 0) is 6.42 Å². The number of aryl methyl sites for hydroxylation is 1. The molecule has 1 heterocycles. The fourth-order valence-corrected chi connectivity index (χ4v) is 5.45. The summed E-state index contributed by atoms with van der Waals surface area (Å²) in [5, 5.41) is 0. The van der Waals surface area contributed by atoms with E-state index in [0.29, 0.717) is 0 Å². The van der Waals surface area contributed by atoms with Gasteiger partial charge < -0.3 is 4.74 Å². The number of pyridine rings is 1. The number of benzene rings is 1. The average molecular weight is 464 g/mol. The second-order valence-electron chi connectivity index (χ2n) is 10.6. The van der Waals surface area contributed by atoms with E-state index in [1.165, 1.54) is 102 Å². The van der Waals surface area contributed by atoms with Gasteiger partial charge in [-0.05, 0) is 73.4 Å². The van der Waals surface area contributed by atoms with Crippen LogP contribution < -0.4 is 4.74 Å². The minimum absolute atomic E-state index is 0.834. The maximum absolute atomic E-state index is 6.05. The highest BCUT2D eigenvalue weighted by molar-refractivity contribution is 5.60. The summed E-state index contributed by atoms with van der Waals surface area (Å²) in [5.41, 5.74) is 3.56. The van der Waals surface area contributed by atoms with E-state index < -0.39 is 0 Å². The van der Waals surface area contributed by atoms with Crippen LogP contribution >= 0.6 is 0 Å². The molecule has 1 fully saturated rings. The lowest BCUT2D eigenvalue weighted by Crippen LogP contribution is -2.15. The topological polar surface area (TPSA) is 22.1 Å². The second-order valence-corrected chi connectivity index (χ2v) is 10.6. The van der Waals surface area contributed by atoms with E-state index >= 15 is 0 Å². The van der Waals surface area contributed by atoms with Gasteiger partial charge in [0.05, 0.1) is 12.3 Å². The molecular weight excluding hydrogens is 414 g/mol. The molecule has 34 heavy (non-hydrogen) atoms. The highest BCUT2D eigenvalue weighted by atomic mass is 16.5. The van der Waals surface area contributed by atoms with Gasteiger partial charge in [-0.1, -0.05) is 97.0 Å². The molecule has 0 atom stereocenters. The van der Waals surface area contributed by atoms with Gasteiger partial charge in [-0.15, -0.1) is 0 Å². The van der Waals surface area contributed by atoms with Crippen LogP contribution in [0.2, 0.25) is 0 Å². The molecule has 0 N–H and O–H groups in total. The lowest BCUT2D eigenvalue weighted by molar-refractivity contribution is 0.228. The number of unbranched alkanes of at least 4 members (excludes halogenated alkanes) is 6. The van der Waals surface area contributed by atoms with Crippen LogP contribution in [0.5, 0.6) is 5.75 Å². The average Bonchev–Trinajstić information content (AvgIpc) is 2.88. The van der Waals surface area contributed by atoms with Gasteiger partial charge in [0.2, 0.25) is 0 Å². The van der Waals surface area contributed by atoms with E-state index in [1.807, 2.05) is 0 Å². The maximum Gasteiger partial charge on any atom is 0.119 e. The van der Waals surface area contributed by atoms with Crippen molar-refractivity contribution in [1.29, 1.82) is 0 Å². The van der Waals surface area contributed by atoms with Gasteiger partial charge in [0.25, 0.3) is 0 Å². The Balaban J connectivity index is 1.31. The summed E-state index contributed by atoms with van der Waals surface area (Å²) in [6.45, 7) is 5.41. The van der Waals surface area contributed by atoms with Gasteiger partial charge in [-0.3, -0.25) is 4.98 Å². The van der Waals surface area contributed by atoms with Gasteiger partial charge in [0.15, 0.2) is 0 Å². The Labute approximate surface area is 209 Å². The number of rotatable bonds is 16. The smallest absolute Gasteiger partial charge is 0.119 e. The normalized spacial score (nSPS) is 18.2. The molecule has 1 aliphatic carbocycles.